The molecule has 0 radical (unpaired) electrons. The fourth-order valence-electron chi connectivity index (χ4n) is 3.75. The van der Waals surface area contributed by atoms with Crippen LogP contribution in [0.4, 0.5) is 10.1 Å². The molecule has 0 spiro atoms. The minimum absolute atomic E-state index is 0.0345. The predicted molar refractivity (Wildman–Crippen MR) is 135 cm³/mol. The Morgan fingerprint density at radius 3 is 2.54 bits per heavy atom. The number of nitrogens with zero attached hydrogens (tertiary/aromatic N) is 4. The van der Waals surface area contributed by atoms with Gasteiger partial charge in [-0.05, 0) is 17.7 Å². The predicted octanol–water partition coefficient (Wildman–Crippen LogP) is 4.96. The van der Waals surface area contributed by atoms with Gasteiger partial charge < -0.3 is 14.8 Å². The number of thioether (sulfide) groups is 1. The molecule has 8 nitrogen and oxygen atoms in total. The molecule has 0 fully saturated rings. The van der Waals surface area contributed by atoms with Crippen LogP contribution in [0.15, 0.2) is 47.9 Å². The van der Waals surface area contributed by atoms with Crippen molar-refractivity contribution in [2.24, 2.45) is 7.05 Å². The number of nitrogens with one attached hydrogen (secondary N) is 1. The van der Waals surface area contributed by atoms with Gasteiger partial charge in [-0.25, -0.2) is 9.37 Å². The first-order valence-electron chi connectivity index (χ1n) is 11.0. The Morgan fingerprint density at radius 1 is 1.14 bits per heavy atom. The third kappa shape index (κ3) is 5.43. The number of fused-ring (bicyclic) bond motifs is 1. The van der Waals surface area contributed by atoms with Crippen LogP contribution in [0.3, 0.4) is 0 Å². The summed E-state index contributed by atoms with van der Waals surface area (Å²) in [6, 6.07) is 4.92. The van der Waals surface area contributed by atoms with E-state index >= 15 is 4.39 Å². The summed E-state index contributed by atoms with van der Waals surface area (Å²) < 4.78 is 29.3. The Hall–Kier alpha value is -3.53. The summed E-state index contributed by atoms with van der Waals surface area (Å²) >= 11 is 1.67. The number of hydrogen-bond acceptors (Lipinski definition) is 6. The zero-order chi connectivity index (χ0) is 25.3. The molecule has 1 aromatic carbocycles. The number of amides is 1. The molecule has 184 valence electrons. The summed E-state index contributed by atoms with van der Waals surface area (Å²) in [7, 11) is 4.77. The van der Waals surface area contributed by atoms with Gasteiger partial charge >= 0.3 is 0 Å². The van der Waals surface area contributed by atoms with E-state index in [9.17, 15) is 4.79 Å². The Balaban J connectivity index is 1.74. The van der Waals surface area contributed by atoms with Crippen LogP contribution < -0.4 is 14.8 Å². The highest BCUT2D eigenvalue weighted by atomic mass is 32.2. The minimum atomic E-state index is -0.588. The first-order chi connectivity index (χ1) is 16.6. The van der Waals surface area contributed by atoms with Crippen LogP contribution in [-0.2, 0) is 18.3 Å². The zero-order valence-electron chi connectivity index (χ0n) is 20.5. The van der Waals surface area contributed by atoms with Gasteiger partial charge in [0.1, 0.15) is 11.4 Å². The van der Waals surface area contributed by atoms with Gasteiger partial charge in [-0.15, -0.1) is 11.8 Å². The number of anilines is 1. The Kier molecular flexibility index (Phi) is 6.75. The molecule has 1 N–H and O–H groups in total. The number of carbonyl (C=O) groups is 1. The van der Waals surface area contributed by atoms with Crippen LogP contribution in [0.1, 0.15) is 26.3 Å². The lowest BCUT2D eigenvalue weighted by molar-refractivity contribution is -0.115. The van der Waals surface area contributed by atoms with Crippen LogP contribution in [0.5, 0.6) is 11.5 Å². The average molecular weight is 498 g/mol. The molecule has 0 aliphatic rings. The van der Waals surface area contributed by atoms with E-state index in [1.54, 1.807) is 55.3 Å². The van der Waals surface area contributed by atoms with E-state index < -0.39 is 5.82 Å². The van der Waals surface area contributed by atoms with E-state index in [0.29, 0.717) is 16.9 Å². The highest BCUT2D eigenvalue weighted by molar-refractivity contribution is 8.00. The molecule has 3 heterocycles. The normalized spacial score (nSPS) is 11.6. The molecule has 1 amide bonds. The van der Waals surface area contributed by atoms with Crippen molar-refractivity contribution >= 4 is 29.0 Å². The van der Waals surface area contributed by atoms with Crippen LogP contribution in [0.2, 0.25) is 0 Å². The number of halogens is 1. The number of hydrogen-bond donors (Lipinski definition) is 1. The van der Waals surface area contributed by atoms with Crippen LogP contribution in [0, 0.1) is 5.82 Å². The Labute approximate surface area is 207 Å². The highest BCUT2D eigenvalue weighted by Crippen LogP contribution is 2.40. The zero-order valence-corrected chi connectivity index (χ0v) is 21.4. The number of pyridine rings is 1. The molecular formula is C25H28FN5O3S. The number of imidazole rings is 1. The van der Waals surface area contributed by atoms with Crippen molar-refractivity contribution in [3.63, 3.8) is 0 Å². The number of ether oxygens (including phenoxy) is 2. The summed E-state index contributed by atoms with van der Waals surface area (Å²) in [5, 5.41) is 6.85. The molecule has 0 atom stereocenters. The molecule has 0 bridgehead atoms. The summed E-state index contributed by atoms with van der Waals surface area (Å²) in [4.78, 5) is 18.1. The van der Waals surface area contributed by atoms with Gasteiger partial charge in [-0.2, -0.15) is 5.10 Å². The minimum Gasteiger partial charge on any atom is -0.495 e. The van der Waals surface area contributed by atoms with E-state index in [0.717, 1.165) is 16.2 Å². The lowest BCUT2D eigenvalue weighted by atomic mass is 10.1. The Bertz CT molecular complexity index is 1390. The second kappa shape index (κ2) is 9.61. The maximum absolute atomic E-state index is 15.1. The van der Waals surface area contributed by atoms with Gasteiger partial charge in [0.05, 0.1) is 49.3 Å². The Morgan fingerprint density at radius 2 is 1.91 bits per heavy atom. The van der Waals surface area contributed by atoms with Gasteiger partial charge in [0.15, 0.2) is 11.6 Å². The largest absolute Gasteiger partial charge is 0.495 e. The smallest absolute Gasteiger partial charge is 0.229 e. The fourth-order valence-corrected chi connectivity index (χ4v) is 4.81. The first kappa shape index (κ1) is 24.6. The summed E-state index contributed by atoms with van der Waals surface area (Å²) in [6.07, 6.45) is 7.09. The molecule has 0 saturated carbocycles. The van der Waals surface area contributed by atoms with E-state index in [2.05, 4.69) is 36.2 Å². The quantitative estimate of drug-likeness (QED) is 0.363. The van der Waals surface area contributed by atoms with Gasteiger partial charge in [-0.1, -0.05) is 20.8 Å². The van der Waals surface area contributed by atoms with Crippen LogP contribution in [-0.4, -0.2) is 44.0 Å². The van der Waals surface area contributed by atoms with Gasteiger partial charge in [0.25, 0.3) is 0 Å². The number of rotatable bonds is 7. The lowest BCUT2D eigenvalue weighted by Crippen LogP contribution is -2.15. The monoisotopic (exact) mass is 497 g/mol. The van der Waals surface area contributed by atoms with Crippen molar-refractivity contribution in [3.05, 3.63) is 54.4 Å². The molecule has 4 aromatic rings. The van der Waals surface area contributed by atoms with Gasteiger partial charge in [0, 0.05) is 35.8 Å². The van der Waals surface area contributed by atoms with Crippen LogP contribution >= 0.6 is 11.8 Å². The van der Waals surface area contributed by atoms with Crippen molar-refractivity contribution in [1.29, 1.82) is 0 Å². The first-order valence-corrected chi connectivity index (χ1v) is 11.8. The van der Waals surface area contributed by atoms with Crippen molar-refractivity contribution in [2.45, 2.75) is 36.8 Å². The van der Waals surface area contributed by atoms with Crippen molar-refractivity contribution in [3.8, 4) is 22.8 Å². The van der Waals surface area contributed by atoms with Crippen LogP contribution in [0.25, 0.3) is 16.9 Å². The second-order valence-corrected chi connectivity index (χ2v) is 10.9. The van der Waals surface area contributed by atoms with Crippen molar-refractivity contribution in [2.75, 3.05) is 19.5 Å². The molecule has 3 aromatic heterocycles. The number of aryl methyl sites for hydroxylation is 1. The number of aromatic nitrogens is 4. The second-order valence-electron chi connectivity index (χ2n) is 9.08. The molecular weight excluding hydrogens is 469 g/mol. The number of carbonyl (C=O) groups excluding carboxylic acids is 1. The molecule has 10 heteroatoms. The third-order valence-electron chi connectivity index (χ3n) is 5.15. The topological polar surface area (TPSA) is 82.7 Å². The molecule has 4 rings (SSSR count). The third-order valence-corrected chi connectivity index (χ3v) is 6.29. The fraction of sp³-hybridized carbons (Fsp3) is 0.320. The van der Waals surface area contributed by atoms with E-state index in [4.69, 9.17) is 9.47 Å². The molecule has 0 unspecified atom stereocenters. The highest BCUT2D eigenvalue weighted by Gasteiger charge is 2.20. The van der Waals surface area contributed by atoms with Gasteiger partial charge in [-0.3, -0.25) is 13.9 Å². The number of methoxy groups -OCH3 is 2. The molecule has 0 saturated heterocycles. The summed E-state index contributed by atoms with van der Waals surface area (Å²) in [6.45, 7) is 6.36. The molecule has 0 aliphatic heterocycles. The standard InChI is InChI=1S/C25H28FN5O3S/c1-25(2,3)35-21-14-31-19(12-27-22(31)10-20(21)33-5)16-8-17(26)24(34-6)18(9-16)29-23(32)7-15-11-28-30(4)13-15/h8-14H,7H2,1-6H3,(H,29,32). The average Bonchev–Trinajstić information content (AvgIpc) is 3.37. The van der Waals surface area contributed by atoms with Crippen molar-refractivity contribution < 1.29 is 18.7 Å². The van der Waals surface area contributed by atoms with Gasteiger partial charge in [0.2, 0.25) is 5.91 Å². The SMILES string of the molecule is COc1cc2ncc(-c3cc(F)c(OC)c(NC(=O)Cc4cnn(C)c4)c3)n2cc1SC(C)(C)C. The summed E-state index contributed by atoms with van der Waals surface area (Å²) in [5.41, 5.74) is 2.87. The summed E-state index contributed by atoms with van der Waals surface area (Å²) in [5.74, 6) is -0.208. The lowest BCUT2D eigenvalue weighted by Gasteiger charge is -2.20. The molecule has 35 heavy (non-hydrogen) atoms. The van der Waals surface area contributed by atoms with E-state index in [1.165, 1.54) is 13.2 Å². The molecule has 0 aliphatic carbocycles. The van der Waals surface area contributed by atoms with E-state index in [1.807, 2.05) is 16.7 Å². The van der Waals surface area contributed by atoms with E-state index in [-0.39, 0.29) is 28.5 Å². The number of benzene rings is 1. The maximum Gasteiger partial charge on any atom is 0.229 e. The van der Waals surface area contributed by atoms with Crippen molar-refractivity contribution in [1.82, 2.24) is 19.2 Å². The maximum atomic E-state index is 15.1.